The first-order chi connectivity index (χ1) is 10.1. The third-order valence-corrected chi connectivity index (χ3v) is 4.93. The fourth-order valence-corrected chi connectivity index (χ4v) is 3.51. The zero-order valence-corrected chi connectivity index (χ0v) is 13.6. The first-order valence-electron chi connectivity index (χ1n) is 8.04. The summed E-state index contributed by atoms with van der Waals surface area (Å²) in [6, 6.07) is 6.24. The van der Waals surface area contributed by atoms with Crippen LogP contribution in [0.2, 0.25) is 0 Å². The summed E-state index contributed by atoms with van der Waals surface area (Å²) in [6.45, 7) is 6.86. The van der Waals surface area contributed by atoms with Gasteiger partial charge in [0.2, 0.25) is 0 Å². The Morgan fingerprint density at radius 1 is 1.38 bits per heavy atom. The van der Waals surface area contributed by atoms with E-state index in [0.29, 0.717) is 12.6 Å². The van der Waals surface area contributed by atoms with Crippen LogP contribution in [-0.4, -0.2) is 41.7 Å². The lowest BCUT2D eigenvalue weighted by atomic mass is 9.78. The predicted molar refractivity (Wildman–Crippen MR) is 86.1 cm³/mol. The largest absolute Gasteiger partial charge is 0.381 e. The molecule has 0 atom stereocenters. The summed E-state index contributed by atoms with van der Waals surface area (Å²) in [6.07, 6.45) is 4.83. The maximum Gasteiger partial charge on any atom is 0.0572 e. The lowest BCUT2D eigenvalue weighted by Gasteiger charge is -2.47. The number of likely N-dealkylation sites (N-methyl/N-ethyl adjacent to an activating group) is 1. The van der Waals surface area contributed by atoms with E-state index in [4.69, 9.17) is 10.5 Å². The monoisotopic (exact) mass is 291 g/mol. The third kappa shape index (κ3) is 3.82. The Labute approximate surface area is 128 Å². The predicted octanol–water partition coefficient (Wildman–Crippen LogP) is 2.50. The van der Waals surface area contributed by atoms with E-state index >= 15 is 0 Å². The van der Waals surface area contributed by atoms with E-state index in [1.54, 1.807) is 0 Å². The normalized spacial score (nSPS) is 26.2. The van der Waals surface area contributed by atoms with E-state index in [1.807, 2.05) is 20.1 Å². The van der Waals surface area contributed by atoms with Crippen molar-refractivity contribution in [2.75, 3.05) is 20.2 Å². The number of hydrogen-bond acceptors (Lipinski definition) is 4. The molecule has 21 heavy (non-hydrogen) atoms. The second kappa shape index (κ2) is 7.34. The second-order valence-electron chi connectivity index (χ2n) is 6.15. The van der Waals surface area contributed by atoms with Crippen LogP contribution in [0, 0.1) is 6.92 Å². The molecule has 0 saturated heterocycles. The van der Waals surface area contributed by atoms with Gasteiger partial charge in [0.25, 0.3) is 0 Å². The van der Waals surface area contributed by atoms with Gasteiger partial charge in [-0.2, -0.15) is 0 Å². The summed E-state index contributed by atoms with van der Waals surface area (Å²) in [4.78, 5) is 7.16. The molecule has 1 saturated carbocycles. The molecule has 0 bridgehead atoms. The van der Waals surface area contributed by atoms with Gasteiger partial charge in [-0.25, -0.2) is 0 Å². The van der Waals surface area contributed by atoms with E-state index in [0.717, 1.165) is 50.2 Å². The molecule has 1 aliphatic carbocycles. The van der Waals surface area contributed by atoms with Crippen molar-refractivity contribution in [3.8, 4) is 0 Å². The molecule has 1 heterocycles. The maximum absolute atomic E-state index is 6.18. The summed E-state index contributed by atoms with van der Waals surface area (Å²) >= 11 is 0. The molecule has 0 radical (unpaired) electrons. The van der Waals surface area contributed by atoms with Gasteiger partial charge in [-0.1, -0.05) is 13.0 Å². The standard InChI is InChI=1S/C17H29N3O/c1-4-20(12-15-7-5-6-14(2)19-15)17(13-18)10-8-16(21-3)9-11-17/h5-7,16H,4,8-13,18H2,1-3H3. The molecule has 1 aromatic heterocycles. The Bertz CT molecular complexity index is 441. The minimum Gasteiger partial charge on any atom is -0.381 e. The summed E-state index contributed by atoms with van der Waals surface area (Å²) < 4.78 is 5.50. The van der Waals surface area contributed by atoms with Crippen LogP contribution < -0.4 is 5.73 Å². The van der Waals surface area contributed by atoms with Crippen molar-refractivity contribution in [2.45, 2.75) is 57.7 Å². The number of nitrogens with zero attached hydrogens (tertiary/aromatic N) is 2. The van der Waals surface area contributed by atoms with Gasteiger partial charge in [0.15, 0.2) is 0 Å². The van der Waals surface area contributed by atoms with Crippen molar-refractivity contribution in [1.82, 2.24) is 9.88 Å². The van der Waals surface area contributed by atoms with Gasteiger partial charge in [0, 0.05) is 31.4 Å². The first kappa shape index (κ1) is 16.4. The fourth-order valence-electron chi connectivity index (χ4n) is 3.51. The van der Waals surface area contributed by atoms with Gasteiger partial charge in [0.05, 0.1) is 11.8 Å². The number of pyridine rings is 1. The summed E-state index contributed by atoms with van der Waals surface area (Å²) in [5.74, 6) is 0. The lowest BCUT2D eigenvalue weighted by Crippen LogP contribution is -2.56. The van der Waals surface area contributed by atoms with Gasteiger partial charge in [0.1, 0.15) is 0 Å². The van der Waals surface area contributed by atoms with Crippen LogP contribution in [0.4, 0.5) is 0 Å². The quantitative estimate of drug-likeness (QED) is 0.875. The Kier molecular flexibility index (Phi) is 5.73. The number of methoxy groups -OCH3 is 1. The molecular formula is C17H29N3O. The maximum atomic E-state index is 6.18. The highest BCUT2D eigenvalue weighted by atomic mass is 16.5. The van der Waals surface area contributed by atoms with Crippen molar-refractivity contribution < 1.29 is 4.74 Å². The summed E-state index contributed by atoms with van der Waals surface area (Å²) in [5, 5.41) is 0. The summed E-state index contributed by atoms with van der Waals surface area (Å²) in [5.41, 5.74) is 8.50. The van der Waals surface area contributed by atoms with Crippen LogP contribution in [0.1, 0.15) is 44.0 Å². The molecule has 2 rings (SSSR count). The number of aromatic nitrogens is 1. The number of nitrogens with two attached hydrogens (primary N) is 1. The Hall–Kier alpha value is -0.970. The summed E-state index contributed by atoms with van der Waals surface area (Å²) in [7, 11) is 1.81. The number of hydrogen-bond donors (Lipinski definition) is 1. The molecule has 0 aromatic carbocycles. The minimum absolute atomic E-state index is 0.106. The molecule has 0 spiro atoms. The van der Waals surface area contributed by atoms with Gasteiger partial charge in [-0.15, -0.1) is 0 Å². The van der Waals surface area contributed by atoms with Crippen LogP contribution in [0.5, 0.6) is 0 Å². The minimum atomic E-state index is 0.106. The fraction of sp³-hybridized carbons (Fsp3) is 0.706. The van der Waals surface area contributed by atoms with E-state index in [-0.39, 0.29) is 5.54 Å². The highest BCUT2D eigenvalue weighted by Crippen LogP contribution is 2.34. The zero-order valence-electron chi connectivity index (χ0n) is 13.6. The molecule has 4 nitrogen and oxygen atoms in total. The molecule has 0 amide bonds. The Morgan fingerprint density at radius 2 is 2.10 bits per heavy atom. The number of ether oxygens (including phenoxy) is 1. The zero-order chi connectivity index (χ0) is 15.3. The van der Waals surface area contributed by atoms with Gasteiger partial charge in [-0.05, 0) is 51.3 Å². The lowest BCUT2D eigenvalue weighted by molar-refractivity contribution is -0.00900. The highest BCUT2D eigenvalue weighted by Gasteiger charge is 2.38. The van der Waals surface area contributed by atoms with E-state index in [1.165, 1.54) is 0 Å². The van der Waals surface area contributed by atoms with Crippen LogP contribution >= 0.6 is 0 Å². The van der Waals surface area contributed by atoms with Crippen molar-refractivity contribution >= 4 is 0 Å². The van der Waals surface area contributed by atoms with Crippen LogP contribution in [0.15, 0.2) is 18.2 Å². The topological polar surface area (TPSA) is 51.4 Å². The number of aryl methyl sites for hydroxylation is 1. The van der Waals surface area contributed by atoms with E-state index in [9.17, 15) is 0 Å². The molecule has 0 unspecified atom stereocenters. The van der Waals surface area contributed by atoms with Gasteiger partial charge < -0.3 is 10.5 Å². The van der Waals surface area contributed by atoms with Crippen molar-refractivity contribution in [3.63, 3.8) is 0 Å². The molecule has 0 aliphatic heterocycles. The smallest absolute Gasteiger partial charge is 0.0572 e. The molecule has 1 fully saturated rings. The molecule has 1 aromatic rings. The molecular weight excluding hydrogens is 262 g/mol. The van der Waals surface area contributed by atoms with Crippen LogP contribution in [0.25, 0.3) is 0 Å². The highest BCUT2D eigenvalue weighted by molar-refractivity contribution is 5.11. The van der Waals surface area contributed by atoms with Crippen molar-refractivity contribution in [1.29, 1.82) is 0 Å². The second-order valence-corrected chi connectivity index (χ2v) is 6.15. The van der Waals surface area contributed by atoms with E-state index < -0.39 is 0 Å². The van der Waals surface area contributed by atoms with Gasteiger partial charge >= 0.3 is 0 Å². The Balaban J connectivity index is 2.11. The third-order valence-electron chi connectivity index (χ3n) is 4.93. The van der Waals surface area contributed by atoms with E-state index in [2.05, 4.69) is 28.9 Å². The van der Waals surface area contributed by atoms with Crippen LogP contribution in [0.3, 0.4) is 0 Å². The van der Waals surface area contributed by atoms with Gasteiger partial charge in [-0.3, -0.25) is 9.88 Å². The molecule has 2 N–H and O–H groups in total. The average Bonchev–Trinajstić information content (AvgIpc) is 2.53. The average molecular weight is 291 g/mol. The molecule has 1 aliphatic rings. The Morgan fingerprint density at radius 3 is 2.62 bits per heavy atom. The molecule has 4 heteroatoms. The van der Waals surface area contributed by atoms with Crippen molar-refractivity contribution in [2.24, 2.45) is 5.73 Å². The first-order valence-corrected chi connectivity index (χ1v) is 8.04. The van der Waals surface area contributed by atoms with Crippen molar-refractivity contribution in [3.05, 3.63) is 29.6 Å². The SMILES string of the molecule is CCN(Cc1cccc(C)n1)C1(CN)CCC(OC)CC1. The number of rotatable bonds is 6. The molecule has 118 valence electrons. The van der Waals surface area contributed by atoms with Crippen LogP contribution in [-0.2, 0) is 11.3 Å².